The summed E-state index contributed by atoms with van der Waals surface area (Å²) in [5, 5.41) is 1.38. The first-order valence-corrected chi connectivity index (χ1v) is 8.71. The first-order valence-electron chi connectivity index (χ1n) is 8.71. The SMILES string of the molecule is CC(=O)OCC[C@H]1CCCN2CCc3c([nH]c4ccccc34)[C@H]12. The number of nitrogens with one attached hydrogen (secondary N) is 1. The van der Waals surface area contributed by atoms with E-state index in [1.165, 1.54) is 48.5 Å². The molecule has 0 bridgehead atoms. The van der Waals surface area contributed by atoms with E-state index >= 15 is 0 Å². The third-order valence-electron chi connectivity index (χ3n) is 5.45. The number of aromatic amines is 1. The van der Waals surface area contributed by atoms with E-state index in [-0.39, 0.29) is 5.97 Å². The third kappa shape index (κ3) is 2.65. The molecule has 1 aromatic heterocycles. The van der Waals surface area contributed by atoms with Crippen molar-refractivity contribution in [3.8, 4) is 0 Å². The summed E-state index contributed by atoms with van der Waals surface area (Å²) in [4.78, 5) is 17.4. The van der Waals surface area contributed by atoms with E-state index in [4.69, 9.17) is 4.74 Å². The maximum Gasteiger partial charge on any atom is 0.302 e. The van der Waals surface area contributed by atoms with Crippen LogP contribution < -0.4 is 0 Å². The van der Waals surface area contributed by atoms with Gasteiger partial charge in [-0.3, -0.25) is 9.69 Å². The fourth-order valence-corrected chi connectivity index (χ4v) is 4.48. The minimum Gasteiger partial charge on any atom is -0.466 e. The number of benzene rings is 1. The Kier molecular flexibility index (Phi) is 3.85. The van der Waals surface area contributed by atoms with Crippen molar-refractivity contribution in [3.63, 3.8) is 0 Å². The second-order valence-corrected chi connectivity index (χ2v) is 6.82. The van der Waals surface area contributed by atoms with Crippen LogP contribution in [0.1, 0.15) is 43.5 Å². The summed E-state index contributed by atoms with van der Waals surface area (Å²) >= 11 is 0. The van der Waals surface area contributed by atoms with Gasteiger partial charge in [0.1, 0.15) is 0 Å². The van der Waals surface area contributed by atoms with Crippen LogP contribution in [0, 0.1) is 5.92 Å². The van der Waals surface area contributed by atoms with Crippen molar-refractivity contribution in [1.82, 2.24) is 9.88 Å². The van der Waals surface area contributed by atoms with Gasteiger partial charge in [-0.15, -0.1) is 0 Å². The minimum atomic E-state index is -0.174. The summed E-state index contributed by atoms with van der Waals surface area (Å²) < 4.78 is 5.20. The van der Waals surface area contributed by atoms with Crippen LogP contribution in [0.2, 0.25) is 0 Å². The monoisotopic (exact) mass is 312 g/mol. The van der Waals surface area contributed by atoms with Gasteiger partial charge in [0.2, 0.25) is 0 Å². The molecular weight excluding hydrogens is 288 g/mol. The Morgan fingerprint density at radius 1 is 1.35 bits per heavy atom. The largest absolute Gasteiger partial charge is 0.466 e. The van der Waals surface area contributed by atoms with E-state index in [1.54, 1.807) is 0 Å². The molecule has 0 saturated carbocycles. The maximum atomic E-state index is 11.0. The number of ether oxygens (including phenoxy) is 1. The summed E-state index contributed by atoms with van der Waals surface area (Å²) in [6.07, 6.45) is 4.55. The number of H-pyrrole nitrogens is 1. The molecule has 2 aliphatic rings. The third-order valence-corrected chi connectivity index (χ3v) is 5.45. The van der Waals surface area contributed by atoms with Gasteiger partial charge in [0, 0.05) is 30.1 Å². The second-order valence-electron chi connectivity index (χ2n) is 6.82. The molecule has 2 aromatic rings. The fourth-order valence-electron chi connectivity index (χ4n) is 4.48. The molecule has 23 heavy (non-hydrogen) atoms. The van der Waals surface area contributed by atoms with Crippen molar-refractivity contribution in [1.29, 1.82) is 0 Å². The van der Waals surface area contributed by atoms with Gasteiger partial charge in [0.05, 0.1) is 12.6 Å². The predicted molar refractivity (Wildman–Crippen MR) is 90.3 cm³/mol. The molecule has 4 nitrogen and oxygen atoms in total. The average molecular weight is 312 g/mol. The van der Waals surface area contributed by atoms with Crippen LogP contribution in [-0.4, -0.2) is 35.5 Å². The van der Waals surface area contributed by atoms with Crippen LogP contribution in [0.15, 0.2) is 24.3 Å². The molecule has 1 saturated heterocycles. The molecule has 0 aliphatic carbocycles. The number of esters is 1. The highest BCUT2D eigenvalue weighted by molar-refractivity contribution is 5.85. The zero-order chi connectivity index (χ0) is 15.8. The first-order chi connectivity index (χ1) is 11.2. The van der Waals surface area contributed by atoms with Crippen LogP contribution in [0.4, 0.5) is 0 Å². The van der Waals surface area contributed by atoms with E-state index < -0.39 is 0 Å². The van der Waals surface area contributed by atoms with Crippen molar-refractivity contribution < 1.29 is 9.53 Å². The summed E-state index contributed by atoms with van der Waals surface area (Å²) in [6, 6.07) is 9.09. The second kappa shape index (κ2) is 6.00. The van der Waals surface area contributed by atoms with Gasteiger partial charge in [-0.2, -0.15) is 0 Å². The molecule has 0 amide bonds. The minimum absolute atomic E-state index is 0.174. The van der Waals surface area contributed by atoms with Gasteiger partial charge in [0.25, 0.3) is 0 Å². The molecule has 0 unspecified atom stereocenters. The van der Waals surface area contributed by atoms with E-state index in [2.05, 4.69) is 34.1 Å². The number of carbonyl (C=O) groups is 1. The van der Waals surface area contributed by atoms with Gasteiger partial charge < -0.3 is 9.72 Å². The number of para-hydroxylation sites is 1. The smallest absolute Gasteiger partial charge is 0.302 e. The van der Waals surface area contributed by atoms with E-state index in [1.807, 2.05) is 0 Å². The lowest BCUT2D eigenvalue weighted by Crippen LogP contribution is -2.43. The Labute approximate surface area is 136 Å². The normalized spacial score (nSPS) is 24.2. The molecule has 2 atom stereocenters. The summed E-state index contributed by atoms with van der Waals surface area (Å²) in [7, 11) is 0. The van der Waals surface area contributed by atoms with Crippen molar-refractivity contribution >= 4 is 16.9 Å². The fraction of sp³-hybridized carbons (Fsp3) is 0.526. The van der Waals surface area contributed by atoms with Gasteiger partial charge in [0.15, 0.2) is 0 Å². The number of rotatable bonds is 3. The summed E-state index contributed by atoms with van der Waals surface area (Å²) in [5.74, 6) is 0.392. The molecule has 4 rings (SSSR count). The number of piperidine rings is 1. The Balaban J connectivity index is 1.65. The van der Waals surface area contributed by atoms with Crippen LogP contribution in [-0.2, 0) is 16.0 Å². The highest BCUT2D eigenvalue weighted by Gasteiger charge is 2.37. The first kappa shape index (κ1) is 14.8. The van der Waals surface area contributed by atoms with Crippen LogP contribution >= 0.6 is 0 Å². The molecule has 1 fully saturated rings. The lowest BCUT2D eigenvalue weighted by atomic mass is 9.81. The lowest BCUT2D eigenvalue weighted by molar-refractivity contribution is -0.141. The lowest BCUT2D eigenvalue weighted by Gasteiger charge is -2.44. The zero-order valence-electron chi connectivity index (χ0n) is 13.7. The van der Waals surface area contributed by atoms with Crippen LogP contribution in [0.3, 0.4) is 0 Å². The van der Waals surface area contributed by atoms with Crippen LogP contribution in [0.25, 0.3) is 10.9 Å². The molecule has 1 aromatic carbocycles. The van der Waals surface area contributed by atoms with Crippen molar-refractivity contribution in [2.45, 2.75) is 38.6 Å². The molecular formula is C19H24N2O2. The van der Waals surface area contributed by atoms with E-state index in [0.717, 1.165) is 19.4 Å². The number of hydrogen-bond donors (Lipinski definition) is 1. The summed E-state index contributed by atoms with van der Waals surface area (Å²) in [5.41, 5.74) is 4.16. The predicted octanol–water partition coefficient (Wildman–Crippen LogP) is 3.43. The molecule has 0 radical (unpaired) electrons. The quantitative estimate of drug-likeness (QED) is 0.883. The topological polar surface area (TPSA) is 45.3 Å². The Morgan fingerprint density at radius 3 is 3.09 bits per heavy atom. The molecule has 122 valence electrons. The molecule has 0 spiro atoms. The van der Waals surface area contributed by atoms with Crippen molar-refractivity contribution in [3.05, 3.63) is 35.5 Å². The van der Waals surface area contributed by atoms with Gasteiger partial charge in [-0.05, 0) is 49.8 Å². The zero-order valence-corrected chi connectivity index (χ0v) is 13.7. The van der Waals surface area contributed by atoms with E-state index in [9.17, 15) is 4.79 Å². The van der Waals surface area contributed by atoms with E-state index in [0.29, 0.717) is 18.6 Å². The maximum absolute atomic E-state index is 11.0. The van der Waals surface area contributed by atoms with Gasteiger partial charge >= 0.3 is 5.97 Å². The standard InChI is InChI=1S/C19H24N2O2/c1-13(22)23-12-9-14-5-4-10-21-11-8-16-15-6-2-3-7-17(15)20-18(16)19(14)21/h2-3,6-7,14,19-20H,4-5,8-12H2,1H3/t14-,19+/m1/s1. The van der Waals surface area contributed by atoms with Gasteiger partial charge in [-0.25, -0.2) is 0 Å². The molecule has 2 aliphatic heterocycles. The Bertz CT molecular complexity index is 721. The Morgan fingerprint density at radius 2 is 2.22 bits per heavy atom. The molecule has 3 heterocycles. The average Bonchev–Trinajstić information content (AvgIpc) is 2.93. The Hall–Kier alpha value is -1.81. The molecule has 1 N–H and O–H groups in total. The van der Waals surface area contributed by atoms with Crippen molar-refractivity contribution in [2.24, 2.45) is 5.92 Å². The number of hydrogen-bond acceptors (Lipinski definition) is 3. The highest BCUT2D eigenvalue weighted by atomic mass is 16.5. The number of aromatic nitrogens is 1. The number of carbonyl (C=O) groups excluding carboxylic acids is 1. The van der Waals surface area contributed by atoms with Crippen molar-refractivity contribution in [2.75, 3.05) is 19.7 Å². The van der Waals surface area contributed by atoms with Gasteiger partial charge in [-0.1, -0.05) is 18.2 Å². The van der Waals surface area contributed by atoms with Crippen LogP contribution in [0.5, 0.6) is 0 Å². The summed E-state index contributed by atoms with van der Waals surface area (Å²) in [6.45, 7) is 4.36. The number of fused-ring (bicyclic) bond motifs is 5. The number of nitrogens with zero attached hydrogens (tertiary/aromatic N) is 1. The molecule has 4 heteroatoms. The highest BCUT2D eigenvalue weighted by Crippen LogP contribution is 2.43.